The minimum atomic E-state index is -4.97. The number of allylic oxidation sites excluding steroid dienone is 8. The number of rotatable bonds is 76. The molecule has 0 aromatic rings. The molecule has 0 aromatic carbocycles. The van der Waals surface area contributed by atoms with Gasteiger partial charge in [-0.1, -0.05) is 269 Å². The number of aliphatic hydroxyl groups is 1. The zero-order valence-electron chi connectivity index (χ0n) is 62.7. The van der Waals surface area contributed by atoms with Crippen LogP contribution >= 0.6 is 15.6 Å². The summed E-state index contributed by atoms with van der Waals surface area (Å²) in [5.41, 5.74) is 0. The number of hydrogen-bond acceptors (Lipinski definition) is 15. The van der Waals surface area contributed by atoms with Crippen LogP contribution in [0.5, 0.6) is 0 Å². The van der Waals surface area contributed by atoms with Gasteiger partial charge in [-0.05, 0) is 128 Å². The highest BCUT2D eigenvalue weighted by atomic mass is 31.2. The average Bonchev–Trinajstić information content (AvgIpc) is 1.04. The summed E-state index contributed by atoms with van der Waals surface area (Å²) in [5, 5.41) is 10.6. The van der Waals surface area contributed by atoms with Crippen molar-refractivity contribution in [2.45, 2.75) is 393 Å². The average molecular weight is 1430 g/mol. The van der Waals surface area contributed by atoms with Crippen LogP contribution in [0.25, 0.3) is 0 Å². The highest BCUT2D eigenvalue weighted by Gasteiger charge is 2.30. The number of carbonyl (C=O) groups is 4. The van der Waals surface area contributed by atoms with Crippen LogP contribution < -0.4 is 0 Å². The van der Waals surface area contributed by atoms with E-state index in [-0.39, 0.29) is 25.7 Å². The number of unbranched alkanes of at least 4 members (excludes halogenated alkanes) is 42. The summed E-state index contributed by atoms with van der Waals surface area (Å²) in [6, 6.07) is 0. The van der Waals surface area contributed by atoms with Crippen LogP contribution in [0.2, 0.25) is 0 Å². The second-order valence-corrected chi connectivity index (χ2v) is 29.9. The second-order valence-electron chi connectivity index (χ2n) is 27.0. The van der Waals surface area contributed by atoms with Gasteiger partial charge in [-0.2, -0.15) is 0 Å². The lowest BCUT2D eigenvalue weighted by Gasteiger charge is -2.21. The van der Waals surface area contributed by atoms with Gasteiger partial charge in [0.25, 0.3) is 0 Å². The maximum absolute atomic E-state index is 13.1. The van der Waals surface area contributed by atoms with Crippen LogP contribution in [0.15, 0.2) is 48.6 Å². The number of carbonyl (C=O) groups excluding carboxylic acids is 4. The van der Waals surface area contributed by atoms with Gasteiger partial charge in [0.05, 0.1) is 26.4 Å². The van der Waals surface area contributed by atoms with Crippen molar-refractivity contribution >= 4 is 39.5 Å². The monoisotopic (exact) mass is 1430 g/mol. The molecule has 19 heteroatoms. The van der Waals surface area contributed by atoms with Crippen LogP contribution in [0, 0.1) is 0 Å². The summed E-state index contributed by atoms with van der Waals surface area (Å²) >= 11 is 0. The van der Waals surface area contributed by atoms with Gasteiger partial charge in [0.15, 0.2) is 12.2 Å². The van der Waals surface area contributed by atoms with E-state index in [1.54, 1.807) is 0 Å². The van der Waals surface area contributed by atoms with Crippen molar-refractivity contribution in [1.29, 1.82) is 0 Å². The molecule has 0 amide bonds. The molecular formula is C79H146O17P2. The summed E-state index contributed by atoms with van der Waals surface area (Å²) in [6.07, 6.45) is 69.4. The molecule has 0 fully saturated rings. The molecule has 5 atom stereocenters. The van der Waals surface area contributed by atoms with E-state index >= 15 is 0 Å². The Labute approximate surface area is 597 Å². The van der Waals surface area contributed by atoms with Crippen molar-refractivity contribution in [3.63, 3.8) is 0 Å². The normalized spacial score (nSPS) is 14.2. The van der Waals surface area contributed by atoms with Gasteiger partial charge < -0.3 is 33.8 Å². The molecule has 3 N–H and O–H groups in total. The number of phosphoric ester groups is 2. The second kappa shape index (κ2) is 72.4. The Kier molecular flexibility index (Phi) is 70.2. The molecule has 17 nitrogen and oxygen atoms in total. The number of esters is 4. The molecule has 0 spiro atoms. The molecule has 0 radical (unpaired) electrons. The first-order valence-corrected chi connectivity index (χ1v) is 42.9. The van der Waals surface area contributed by atoms with Crippen molar-refractivity contribution in [2.24, 2.45) is 0 Å². The Balaban J connectivity index is 5.33. The Hall–Kier alpha value is -2.98. The molecule has 0 saturated carbocycles. The number of aliphatic hydroxyl groups excluding tert-OH is 1. The largest absolute Gasteiger partial charge is 0.472 e. The summed E-state index contributed by atoms with van der Waals surface area (Å²) in [5.74, 6) is -2.17. The smallest absolute Gasteiger partial charge is 0.462 e. The van der Waals surface area contributed by atoms with Gasteiger partial charge in [0.1, 0.15) is 19.3 Å². The number of ether oxygens (including phenoxy) is 4. The van der Waals surface area contributed by atoms with E-state index in [2.05, 4.69) is 76.3 Å². The van der Waals surface area contributed by atoms with E-state index in [1.807, 2.05) is 0 Å². The Morgan fingerprint density at radius 1 is 0.276 bits per heavy atom. The van der Waals surface area contributed by atoms with E-state index in [9.17, 15) is 43.2 Å². The van der Waals surface area contributed by atoms with Crippen LogP contribution in [-0.2, 0) is 65.4 Å². The zero-order chi connectivity index (χ0) is 71.8. The molecule has 0 heterocycles. The molecule has 0 rings (SSSR count). The van der Waals surface area contributed by atoms with Crippen LogP contribution in [0.1, 0.15) is 374 Å². The Morgan fingerprint density at radius 2 is 0.469 bits per heavy atom. The van der Waals surface area contributed by atoms with E-state index in [1.165, 1.54) is 141 Å². The summed E-state index contributed by atoms with van der Waals surface area (Å²) in [4.78, 5) is 72.9. The lowest BCUT2D eigenvalue weighted by Crippen LogP contribution is -2.30. The molecule has 0 bridgehead atoms. The van der Waals surface area contributed by atoms with E-state index < -0.39 is 97.5 Å². The minimum Gasteiger partial charge on any atom is -0.462 e. The third-order valence-corrected chi connectivity index (χ3v) is 19.1. The lowest BCUT2D eigenvalue weighted by atomic mass is 10.1. The molecule has 0 saturated heterocycles. The highest BCUT2D eigenvalue weighted by Crippen LogP contribution is 2.45. The third kappa shape index (κ3) is 71.4. The molecule has 0 aliphatic heterocycles. The Bertz CT molecular complexity index is 2050. The van der Waals surface area contributed by atoms with E-state index in [4.69, 9.17) is 37.0 Å². The van der Waals surface area contributed by atoms with Gasteiger partial charge >= 0.3 is 39.5 Å². The molecule has 0 aliphatic carbocycles. The van der Waals surface area contributed by atoms with E-state index in [0.717, 1.165) is 154 Å². The van der Waals surface area contributed by atoms with Crippen LogP contribution in [-0.4, -0.2) is 96.7 Å². The van der Waals surface area contributed by atoms with Gasteiger partial charge in [-0.15, -0.1) is 0 Å². The first kappa shape index (κ1) is 95.0. The van der Waals surface area contributed by atoms with Crippen LogP contribution in [0.4, 0.5) is 0 Å². The summed E-state index contributed by atoms with van der Waals surface area (Å²) in [6.45, 7) is 4.88. The maximum Gasteiger partial charge on any atom is 0.472 e. The summed E-state index contributed by atoms with van der Waals surface area (Å²) < 4.78 is 68.6. The molecule has 0 aromatic heterocycles. The van der Waals surface area contributed by atoms with Gasteiger partial charge in [-0.3, -0.25) is 37.3 Å². The molecule has 0 aliphatic rings. The molecule has 2 unspecified atom stereocenters. The minimum absolute atomic E-state index is 0.0881. The van der Waals surface area contributed by atoms with Gasteiger partial charge in [0, 0.05) is 25.7 Å². The SMILES string of the molecule is CCCCCC/C=C\CCCCCCCCCC(=O)OC[C@H](COP(=O)(O)OC[C@H](O)COP(=O)(O)OC[C@@H](COC(=O)CCCCCCC/C=C\CCCCCCCC)OC(=O)CCCCCCC/C=C\CCCCCC)OC(=O)CCCCCCC/C=C\CCCCCCCC. The summed E-state index contributed by atoms with van der Waals surface area (Å²) in [7, 11) is -9.94. The van der Waals surface area contributed by atoms with Crippen molar-refractivity contribution < 1.29 is 80.2 Å². The van der Waals surface area contributed by atoms with Crippen LogP contribution in [0.3, 0.4) is 0 Å². The van der Waals surface area contributed by atoms with E-state index in [0.29, 0.717) is 25.7 Å². The van der Waals surface area contributed by atoms with Gasteiger partial charge in [-0.25, -0.2) is 9.13 Å². The zero-order valence-corrected chi connectivity index (χ0v) is 64.5. The maximum atomic E-state index is 13.1. The van der Waals surface area contributed by atoms with Crippen molar-refractivity contribution in [3.8, 4) is 0 Å². The van der Waals surface area contributed by atoms with Crippen molar-refractivity contribution in [2.75, 3.05) is 39.6 Å². The predicted octanol–water partition coefficient (Wildman–Crippen LogP) is 22.9. The Morgan fingerprint density at radius 3 is 0.714 bits per heavy atom. The fourth-order valence-electron chi connectivity index (χ4n) is 11.1. The number of phosphoric acid groups is 2. The third-order valence-electron chi connectivity index (χ3n) is 17.2. The molecular weight excluding hydrogens is 1280 g/mol. The predicted molar refractivity (Wildman–Crippen MR) is 400 cm³/mol. The van der Waals surface area contributed by atoms with Crippen molar-refractivity contribution in [1.82, 2.24) is 0 Å². The van der Waals surface area contributed by atoms with Crippen molar-refractivity contribution in [3.05, 3.63) is 48.6 Å². The quantitative estimate of drug-likeness (QED) is 0.0169. The number of hydrogen-bond donors (Lipinski definition) is 3. The standard InChI is InChI=1S/C79H146O17P2/c1-5-9-13-17-21-25-29-33-36-40-43-47-51-55-59-63-76(81)89-69-74(95-78(83)65-61-57-53-49-45-39-32-28-24-20-16-12-8-4)71-93-97(85,86)91-67-73(80)68-92-98(87,88)94-72-75(96-79(84)66-62-58-54-50-46-42-38-35-31-27-23-19-15-11-7-3)70-90-77(82)64-60-56-52-48-44-41-37-34-30-26-22-18-14-10-6-2/h26,28,30,32-33,35-36,38,73-75,80H,5-25,27,29,31,34,37,39-72H2,1-4H3,(H,85,86)(H,87,88)/b30-26-,32-28-,36-33-,38-35-/t73-,74-,75-/m1/s1. The van der Waals surface area contributed by atoms with Gasteiger partial charge in [0.2, 0.25) is 0 Å². The molecule has 98 heavy (non-hydrogen) atoms. The molecule has 574 valence electrons. The topological polar surface area (TPSA) is 237 Å². The lowest BCUT2D eigenvalue weighted by molar-refractivity contribution is -0.161. The highest BCUT2D eigenvalue weighted by molar-refractivity contribution is 7.47. The fourth-order valence-corrected chi connectivity index (χ4v) is 12.7. The fraction of sp³-hybridized carbons (Fsp3) is 0.848. The first-order valence-electron chi connectivity index (χ1n) is 39.9. The first-order chi connectivity index (χ1) is 47.7.